The average molecular weight is 363 g/mol. The Morgan fingerprint density at radius 1 is 1.08 bits per heavy atom. The molecule has 0 aliphatic carbocycles. The number of piperidine rings is 1. The summed E-state index contributed by atoms with van der Waals surface area (Å²) in [5.41, 5.74) is 0. The zero-order valence-corrected chi connectivity index (χ0v) is 14.9. The van der Waals surface area contributed by atoms with Gasteiger partial charge in [-0.15, -0.1) is 0 Å². The van der Waals surface area contributed by atoms with E-state index >= 15 is 0 Å². The molecular weight excluding hydrogens is 338 g/mol. The van der Waals surface area contributed by atoms with E-state index < -0.39 is 11.8 Å². The van der Waals surface area contributed by atoms with Gasteiger partial charge in [0.1, 0.15) is 5.75 Å². The first kappa shape index (κ1) is 19.7. The minimum absolute atomic E-state index is 0.228. The van der Waals surface area contributed by atoms with Gasteiger partial charge in [0.2, 0.25) is 0 Å². The zero-order chi connectivity index (χ0) is 18.8. The van der Waals surface area contributed by atoms with Crippen LogP contribution in [0.2, 0.25) is 0 Å². The summed E-state index contributed by atoms with van der Waals surface area (Å²) >= 11 is 0. The summed E-state index contributed by atoms with van der Waals surface area (Å²) < 4.78 is 10.1. The first-order valence-electron chi connectivity index (χ1n) is 8.67. The molecule has 2 rings (SSSR count). The predicted octanol–water partition coefficient (Wildman–Crippen LogP) is 0.776. The zero-order valence-electron chi connectivity index (χ0n) is 14.9. The van der Waals surface area contributed by atoms with E-state index in [1.54, 1.807) is 17.0 Å². The van der Waals surface area contributed by atoms with Crippen molar-refractivity contribution in [3.05, 3.63) is 30.3 Å². The van der Waals surface area contributed by atoms with Gasteiger partial charge in [-0.3, -0.25) is 9.59 Å². The molecule has 1 aromatic carbocycles. The summed E-state index contributed by atoms with van der Waals surface area (Å²) in [6.07, 6.45) is 1.13. The molecule has 8 nitrogen and oxygen atoms in total. The Morgan fingerprint density at radius 3 is 2.38 bits per heavy atom. The number of nitrogens with zero attached hydrogens (tertiary/aromatic N) is 1. The van der Waals surface area contributed by atoms with E-state index in [0.717, 1.165) is 12.8 Å². The third-order valence-electron chi connectivity index (χ3n) is 4.17. The van der Waals surface area contributed by atoms with Crippen LogP contribution in [0.15, 0.2) is 30.3 Å². The smallest absolute Gasteiger partial charge is 0.410 e. The van der Waals surface area contributed by atoms with E-state index in [9.17, 15) is 14.4 Å². The lowest BCUT2D eigenvalue weighted by Crippen LogP contribution is -2.45. The second-order valence-corrected chi connectivity index (χ2v) is 6.07. The molecule has 1 saturated heterocycles. The highest BCUT2D eigenvalue weighted by molar-refractivity contribution is 6.35. The first-order valence-corrected chi connectivity index (χ1v) is 8.67. The number of hydrogen-bond donors (Lipinski definition) is 2. The second-order valence-electron chi connectivity index (χ2n) is 6.07. The molecule has 1 aliphatic heterocycles. The third-order valence-corrected chi connectivity index (χ3v) is 4.17. The molecule has 1 aliphatic rings. The van der Waals surface area contributed by atoms with Crippen molar-refractivity contribution in [1.29, 1.82) is 0 Å². The van der Waals surface area contributed by atoms with Crippen molar-refractivity contribution >= 4 is 17.9 Å². The van der Waals surface area contributed by atoms with Crippen molar-refractivity contribution in [2.45, 2.75) is 12.8 Å². The van der Waals surface area contributed by atoms with Gasteiger partial charge in [-0.25, -0.2) is 4.79 Å². The normalized spacial score (nSPS) is 14.6. The van der Waals surface area contributed by atoms with Crippen molar-refractivity contribution < 1.29 is 23.9 Å². The molecule has 0 spiro atoms. The predicted molar refractivity (Wildman–Crippen MR) is 94.7 cm³/mol. The fraction of sp³-hybridized carbons (Fsp3) is 0.500. The van der Waals surface area contributed by atoms with Crippen LogP contribution in [-0.4, -0.2) is 62.7 Å². The molecule has 2 N–H and O–H groups in total. The largest absolute Gasteiger partial charge is 0.415 e. The molecule has 0 unspecified atom stereocenters. The van der Waals surface area contributed by atoms with Gasteiger partial charge in [0.25, 0.3) is 0 Å². The summed E-state index contributed by atoms with van der Waals surface area (Å²) in [4.78, 5) is 37.0. The molecule has 0 atom stereocenters. The number of nitrogens with one attached hydrogen (secondary N) is 2. The SMILES string of the molecule is COCCNC(=O)C(=O)NCC1CCN(C(=O)Oc2ccccc2)CC1. The van der Waals surface area contributed by atoms with Crippen LogP contribution in [0.4, 0.5) is 4.79 Å². The molecule has 0 saturated carbocycles. The molecule has 142 valence electrons. The number of hydrogen-bond acceptors (Lipinski definition) is 5. The summed E-state index contributed by atoms with van der Waals surface area (Å²) in [6.45, 7) is 2.19. The van der Waals surface area contributed by atoms with E-state index in [-0.39, 0.29) is 12.0 Å². The molecule has 26 heavy (non-hydrogen) atoms. The van der Waals surface area contributed by atoms with Crippen molar-refractivity contribution in [2.24, 2.45) is 5.92 Å². The Hall–Kier alpha value is -2.61. The van der Waals surface area contributed by atoms with Gasteiger partial charge in [-0.1, -0.05) is 18.2 Å². The Morgan fingerprint density at radius 2 is 1.73 bits per heavy atom. The van der Waals surface area contributed by atoms with Crippen LogP contribution < -0.4 is 15.4 Å². The Balaban J connectivity index is 1.66. The lowest BCUT2D eigenvalue weighted by molar-refractivity contribution is -0.139. The summed E-state index contributed by atoms with van der Waals surface area (Å²) in [5.74, 6) is -0.559. The number of methoxy groups -OCH3 is 1. The number of ether oxygens (including phenoxy) is 2. The number of rotatable bonds is 6. The summed E-state index contributed by atoms with van der Waals surface area (Å²) in [7, 11) is 1.52. The number of likely N-dealkylation sites (tertiary alicyclic amines) is 1. The van der Waals surface area contributed by atoms with E-state index in [1.807, 2.05) is 18.2 Å². The molecular formula is C18H25N3O5. The fourth-order valence-electron chi connectivity index (χ4n) is 2.64. The average Bonchev–Trinajstić information content (AvgIpc) is 2.67. The van der Waals surface area contributed by atoms with Crippen LogP contribution in [0.3, 0.4) is 0 Å². The van der Waals surface area contributed by atoms with Crippen LogP contribution >= 0.6 is 0 Å². The molecule has 8 heteroatoms. The van der Waals surface area contributed by atoms with Crippen molar-refractivity contribution in [3.8, 4) is 5.75 Å². The van der Waals surface area contributed by atoms with E-state index in [0.29, 0.717) is 38.5 Å². The number of benzene rings is 1. The van der Waals surface area contributed by atoms with E-state index in [1.165, 1.54) is 7.11 Å². The maximum Gasteiger partial charge on any atom is 0.415 e. The third kappa shape index (κ3) is 6.36. The van der Waals surface area contributed by atoms with Crippen molar-refractivity contribution in [1.82, 2.24) is 15.5 Å². The van der Waals surface area contributed by atoms with Crippen LogP contribution in [-0.2, 0) is 14.3 Å². The quantitative estimate of drug-likeness (QED) is 0.575. The Bertz CT molecular complexity index is 600. The van der Waals surface area contributed by atoms with Crippen LogP contribution in [0, 0.1) is 5.92 Å². The molecule has 0 aromatic heterocycles. The summed E-state index contributed by atoms with van der Waals surface area (Å²) in [6, 6.07) is 8.94. The highest BCUT2D eigenvalue weighted by Crippen LogP contribution is 2.18. The lowest BCUT2D eigenvalue weighted by atomic mass is 9.97. The minimum Gasteiger partial charge on any atom is -0.410 e. The number of para-hydroxylation sites is 1. The molecule has 1 fully saturated rings. The molecule has 3 amide bonds. The number of carbonyl (C=O) groups excluding carboxylic acids is 3. The number of carbonyl (C=O) groups is 3. The number of amides is 3. The van der Waals surface area contributed by atoms with Gasteiger partial charge < -0.3 is 25.0 Å². The van der Waals surface area contributed by atoms with Gasteiger partial charge >= 0.3 is 17.9 Å². The molecule has 1 aromatic rings. The van der Waals surface area contributed by atoms with Crippen molar-refractivity contribution in [3.63, 3.8) is 0 Å². The van der Waals surface area contributed by atoms with E-state index in [2.05, 4.69) is 10.6 Å². The highest BCUT2D eigenvalue weighted by atomic mass is 16.6. The Labute approximate surface area is 152 Å². The highest BCUT2D eigenvalue weighted by Gasteiger charge is 2.25. The van der Waals surface area contributed by atoms with Crippen LogP contribution in [0.5, 0.6) is 5.75 Å². The molecule has 1 heterocycles. The maximum absolute atomic E-state index is 12.1. The van der Waals surface area contributed by atoms with Crippen molar-refractivity contribution in [2.75, 3.05) is 39.9 Å². The van der Waals surface area contributed by atoms with Gasteiger partial charge in [0.05, 0.1) is 6.61 Å². The van der Waals surface area contributed by atoms with Gasteiger partial charge in [-0.05, 0) is 30.9 Å². The monoisotopic (exact) mass is 363 g/mol. The van der Waals surface area contributed by atoms with Gasteiger partial charge in [0, 0.05) is 33.3 Å². The van der Waals surface area contributed by atoms with Gasteiger partial charge in [0.15, 0.2) is 0 Å². The maximum atomic E-state index is 12.1. The van der Waals surface area contributed by atoms with Crippen LogP contribution in [0.25, 0.3) is 0 Å². The standard InChI is InChI=1S/C18H25N3O5/c1-25-12-9-19-16(22)17(23)20-13-14-7-10-21(11-8-14)18(24)26-15-5-3-2-4-6-15/h2-6,14H,7-13H2,1H3,(H,19,22)(H,20,23). The van der Waals surface area contributed by atoms with E-state index in [4.69, 9.17) is 9.47 Å². The lowest BCUT2D eigenvalue weighted by Gasteiger charge is -2.31. The Kier molecular flexibility index (Phi) is 7.88. The van der Waals surface area contributed by atoms with Gasteiger partial charge in [-0.2, -0.15) is 0 Å². The molecule has 0 radical (unpaired) electrons. The fourth-order valence-corrected chi connectivity index (χ4v) is 2.64. The summed E-state index contributed by atoms with van der Waals surface area (Å²) in [5, 5.41) is 5.11. The topological polar surface area (TPSA) is 97.0 Å². The van der Waals surface area contributed by atoms with Crippen LogP contribution in [0.1, 0.15) is 12.8 Å². The molecule has 0 bridgehead atoms. The first-order chi connectivity index (χ1) is 12.6. The minimum atomic E-state index is -0.661. The second kappa shape index (κ2) is 10.4.